The molecule has 0 atom stereocenters. The molecule has 0 saturated carbocycles. The smallest absolute Gasteiger partial charge is 0.314 e. The van der Waals surface area contributed by atoms with Crippen molar-refractivity contribution in [2.24, 2.45) is 0 Å². The molecule has 20 heavy (non-hydrogen) atoms. The molecule has 2 aromatic carbocycles. The van der Waals surface area contributed by atoms with Gasteiger partial charge in [0, 0.05) is 6.92 Å². The van der Waals surface area contributed by atoms with Crippen LogP contribution in [0.4, 0.5) is 0 Å². The van der Waals surface area contributed by atoms with E-state index in [1.54, 1.807) is 0 Å². The number of aryl methyl sites for hydroxylation is 2. The largest absolute Gasteiger partial charge is 0.391 e. The van der Waals surface area contributed by atoms with Gasteiger partial charge in [0.2, 0.25) is 0 Å². The van der Waals surface area contributed by atoms with Gasteiger partial charge in [0.1, 0.15) is 0 Å². The fourth-order valence-electron chi connectivity index (χ4n) is 2.69. The minimum atomic E-state index is -0.255. The van der Waals surface area contributed by atoms with Crippen LogP contribution >= 0.6 is 12.0 Å². The van der Waals surface area contributed by atoms with Crippen LogP contribution in [0.25, 0.3) is 0 Å². The van der Waals surface area contributed by atoms with Crippen LogP contribution in [-0.4, -0.2) is 5.97 Å². The summed E-state index contributed by atoms with van der Waals surface area (Å²) in [6.45, 7) is 1.45. The summed E-state index contributed by atoms with van der Waals surface area (Å²) < 4.78 is 5.23. The predicted molar refractivity (Wildman–Crippen MR) is 81.5 cm³/mol. The first-order valence-corrected chi connectivity index (χ1v) is 7.55. The Kier molecular flexibility index (Phi) is 3.79. The summed E-state index contributed by atoms with van der Waals surface area (Å²) in [6.07, 6.45) is 2.06. The number of fused-ring (bicyclic) bond motifs is 2. The van der Waals surface area contributed by atoms with Crippen LogP contribution in [-0.2, 0) is 21.8 Å². The average Bonchev–Trinajstić information content (AvgIpc) is 2.62. The van der Waals surface area contributed by atoms with E-state index in [2.05, 4.69) is 36.4 Å². The zero-order chi connectivity index (χ0) is 13.9. The molecule has 102 valence electrons. The highest BCUT2D eigenvalue weighted by Crippen LogP contribution is 2.42. The highest BCUT2D eigenvalue weighted by molar-refractivity contribution is 7.95. The Morgan fingerprint density at radius 2 is 1.50 bits per heavy atom. The summed E-state index contributed by atoms with van der Waals surface area (Å²) in [4.78, 5) is 11.2. The van der Waals surface area contributed by atoms with Crippen LogP contribution < -0.4 is 0 Å². The molecule has 0 heterocycles. The third-order valence-corrected chi connectivity index (χ3v) is 4.63. The van der Waals surface area contributed by atoms with Gasteiger partial charge in [-0.3, -0.25) is 4.79 Å². The van der Waals surface area contributed by atoms with Gasteiger partial charge >= 0.3 is 5.97 Å². The van der Waals surface area contributed by atoms with E-state index in [9.17, 15) is 4.79 Å². The summed E-state index contributed by atoms with van der Waals surface area (Å²) in [5.74, 6) is -0.255. The summed E-state index contributed by atoms with van der Waals surface area (Å²) in [6, 6.07) is 16.9. The number of rotatable bonds is 2. The normalized spacial score (nSPS) is 14.1. The highest BCUT2D eigenvalue weighted by atomic mass is 32.2. The van der Waals surface area contributed by atoms with Crippen molar-refractivity contribution in [2.45, 2.75) is 25.0 Å². The molecule has 0 spiro atoms. The quantitative estimate of drug-likeness (QED) is 0.777. The molecule has 0 N–H and O–H groups in total. The molecule has 0 unspecified atom stereocenters. The van der Waals surface area contributed by atoms with Gasteiger partial charge in [0.25, 0.3) is 0 Å². The number of benzene rings is 2. The molecular formula is C17H16O2S. The van der Waals surface area contributed by atoms with Crippen molar-refractivity contribution in [3.8, 4) is 0 Å². The van der Waals surface area contributed by atoms with Crippen molar-refractivity contribution in [1.29, 1.82) is 0 Å². The minimum Gasteiger partial charge on any atom is -0.391 e. The molecule has 0 fully saturated rings. The highest BCUT2D eigenvalue weighted by Gasteiger charge is 2.25. The lowest BCUT2D eigenvalue weighted by Gasteiger charge is -2.18. The van der Waals surface area contributed by atoms with Gasteiger partial charge in [-0.2, -0.15) is 0 Å². The first-order chi connectivity index (χ1) is 9.75. The molecule has 2 nitrogen and oxygen atoms in total. The van der Waals surface area contributed by atoms with E-state index in [1.807, 2.05) is 12.1 Å². The van der Waals surface area contributed by atoms with Gasteiger partial charge in [0.15, 0.2) is 0 Å². The lowest BCUT2D eigenvalue weighted by atomic mass is 10.00. The fraction of sp³-hybridized carbons (Fsp3) is 0.235. The second kappa shape index (κ2) is 5.71. The Labute approximate surface area is 123 Å². The second-order valence-electron chi connectivity index (χ2n) is 4.95. The van der Waals surface area contributed by atoms with Crippen molar-refractivity contribution in [1.82, 2.24) is 0 Å². The molecular weight excluding hydrogens is 268 g/mol. The van der Waals surface area contributed by atoms with E-state index in [0.29, 0.717) is 0 Å². The molecule has 1 aliphatic rings. The van der Waals surface area contributed by atoms with E-state index in [4.69, 9.17) is 4.18 Å². The van der Waals surface area contributed by atoms with E-state index in [-0.39, 0.29) is 11.2 Å². The van der Waals surface area contributed by atoms with Gasteiger partial charge in [-0.15, -0.1) is 0 Å². The van der Waals surface area contributed by atoms with Gasteiger partial charge in [-0.1, -0.05) is 48.5 Å². The van der Waals surface area contributed by atoms with Gasteiger partial charge in [0.05, 0.1) is 17.3 Å². The third kappa shape index (κ3) is 2.59. The Bertz CT molecular complexity index is 589. The summed E-state index contributed by atoms with van der Waals surface area (Å²) >= 11 is 1.25. The maximum atomic E-state index is 11.2. The van der Waals surface area contributed by atoms with Gasteiger partial charge in [-0.25, -0.2) is 0 Å². The molecule has 0 bridgehead atoms. The van der Waals surface area contributed by atoms with Crippen molar-refractivity contribution in [3.63, 3.8) is 0 Å². The van der Waals surface area contributed by atoms with E-state index in [0.717, 1.165) is 12.8 Å². The van der Waals surface area contributed by atoms with E-state index in [1.165, 1.54) is 41.2 Å². The number of hydrogen-bond acceptors (Lipinski definition) is 3. The second-order valence-corrected chi connectivity index (χ2v) is 5.78. The van der Waals surface area contributed by atoms with Crippen molar-refractivity contribution in [2.75, 3.05) is 0 Å². The van der Waals surface area contributed by atoms with Crippen LogP contribution in [0, 0.1) is 0 Å². The maximum absolute atomic E-state index is 11.2. The van der Waals surface area contributed by atoms with Crippen LogP contribution in [0.15, 0.2) is 48.5 Å². The Hall–Kier alpha value is -1.74. The van der Waals surface area contributed by atoms with Gasteiger partial charge < -0.3 is 4.18 Å². The zero-order valence-corrected chi connectivity index (χ0v) is 12.2. The predicted octanol–water partition coefficient (Wildman–Crippen LogP) is 4.09. The molecule has 0 radical (unpaired) electrons. The van der Waals surface area contributed by atoms with Crippen LogP contribution in [0.5, 0.6) is 0 Å². The summed E-state index contributed by atoms with van der Waals surface area (Å²) in [5.41, 5.74) is 5.19. The van der Waals surface area contributed by atoms with Crippen molar-refractivity contribution in [3.05, 3.63) is 70.8 Å². The average molecular weight is 284 g/mol. The monoisotopic (exact) mass is 284 g/mol. The number of hydrogen-bond donors (Lipinski definition) is 0. The van der Waals surface area contributed by atoms with E-state index < -0.39 is 0 Å². The topological polar surface area (TPSA) is 26.3 Å². The lowest BCUT2D eigenvalue weighted by Crippen LogP contribution is -2.02. The molecule has 2 aromatic rings. The number of carbonyl (C=O) groups is 1. The third-order valence-electron chi connectivity index (χ3n) is 3.60. The molecule has 0 aliphatic heterocycles. The fourth-order valence-corrected chi connectivity index (χ4v) is 3.59. The summed E-state index contributed by atoms with van der Waals surface area (Å²) in [7, 11) is 0. The molecule has 3 heteroatoms. The minimum absolute atomic E-state index is 0.0637. The van der Waals surface area contributed by atoms with E-state index >= 15 is 0 Å². The van der Waals surface area contributed by atoms with Crippen molar-refractivity contribution >= 4 is 18.0 Å². The number of carbonyl (C=O) groups excluding carboxylic acids is 1. The summed E-state index contributed by atoms with van der Waals surface area (Å²) in [5, 5.41) is 0.0637. The SMILES string of the molecule is CC(=O)OSC1c2ccccc2CCc2ccccc21. The zero-order valence-electron chi connectivity index (χ0n) is 11.3. The van der Waals surface area contributed by atoms with Crippen LogP contribution in [0.2, 0.25) is 0 Å². The molecule has 0 saturated heterocycles. The maximum Gasteiger partial charge on any atom is 0.314 e. The van der Waals surface area contributed by atoms with Crippen LogP contribution in [0.1, 0.15) is 34.4 Å². The first kappa shape index (κ1) is 13.3. The first-order valence-electron chi connectivity index (χ1n) is 6.75. The molecule has 0 amide bonds. The Morgan fingerprint density at radius 1 is 1.00 bits per heavy atom. The molecule has 3 rings (SSSR count). The van der Waals surface area contributed by atoms with Gasteiger partial charge in [-0.05, 0) is 35.1 Å². The van der Waals surface area contributed by atoms with Crippen molar-refractivity contribution < 1.29 is 8.98 Å². The Morgan fingerprint density at radius 3 is 2.00 bits per heavy atom. The standard InChI is InChI=1S/C17H16O2S/c1-12(18)19-20-17-15-8-4-2-6-13(15)10-11-14-7-3-5-9-16(14)17/h2-9,17H,10-11H2,1H3. The molecule has 1 aliphatic carbocycles. The molecule has 0 aromatic heterocycles. The Balaban J connectivity index is 2.06. The lowest BCUT2D eigenvalue weighted by molar-refractivity contribution is -0.130. The van der Waals surface area contributed by atoms with Crippen LogP contribution in [0.3, 0.4) is 0 Å².